The van der Waals surface area contributed by atoms with Crippen LogP contribution in [-0.4, -0.2) is 27.6 Å². The highest BCUT2D eigenvalue weighted by molar-refractivity contribution is 8.15. The van der Waals surface area contributed by atoms with Crippen molar-refractivity contribution in [1.82, 2.24) is 4.98 Å². The Morgan fingerprint density at radius 1 is 1.26 bits per heavy atom. The molecule has 1 aromatic rings. The molecule has 0 aliphatic rings. The van der Waals surface area contributed by atoms with Gasteiger partial charge >= 0.3 is 0 Å². The number of nitrogens with zero attached hydrogens (tertiary/aromatic N) is 1. The molecule has 110 valence electrons. The van der Waals surface area contributed by atoms with Gasteiger partial charge in [-0.1, -0.05) is 32.1 Å². The zero-order chi connectivity index (χ0) is 15.1. The first-order valence-electron chi connectivity index (χ1n) is 5.23. The van der Waals surface area contributed by atoms with E-state index in [9.17, 15) is 16.8 Å². The largest absolute Gasteiger partial charge is 0.272 e. The van der Waals surface area contributed by atoms with Gasteiger partial charge in [-0.25, -0.2) is 21.8 Å². The first-order valence-corrected chi connectivity index (χ1v) is 10.0. The topological polar surface area (TPSA) is 93.2 Å². The third-order valence-electron chi connectivity index (χ3n) is 1.84. The van der Waals surface area contributed by atoms with Crippen LogP contribution in [0.2, 0.25) is 0 Å². The monoisotopic (exact) mass is 346 g/mol. The van der Waals surface area contributed by atoms with Crippen molar-refractivity contribution in [2.75, 3.05) is 10.5 Å². The summed E-state index contributed by atoms with van der Waals surface area (Å²) in [6.07, 6.45) is 0. The summed E-state index contributed by atoms with van der Waals surface area (Å²) < 4.78 is 48.3. The van der Waals surface area contributed by atoms with Gasteiger partial charge in [-0.2, -0.15) is 0 Å². The van der Waals surface area contributed by atoms with E-state index in [0.29, 0.717) is 11.3 Å². The molecule has 1 aromatic heterocycles. The molecule has 0 saturated heterocycles. The van der Waals surface area contributed by atoms with Gasteiger partial charge in [0, 0.05) is 10.7 Å². The first-order chi connectivity index (χ1) is 8.30. The number of sulfonamides is 1. The molecule has 0 unspecified atom stereocenters. The molecule has 1 heterocycles. The maximum absolute atomic E-state index is 11.9. The van der Waals surface area contributed by atoms with Crippen LogP contribution in [0.25, 0.3) is 0 Å². The Balaban J connectivity index is 3.03. The smallest absolute Gasteiger partial charge is 0.259 e. The zero-order valence-electron chi connectivity index (χ0n) is 10.9. The molecule has 0 amide bonds. The van der Waals surface area contributed by atoms with E-state index in [1.807, 2.05) is 0 Å². The van der Waals surface area contributed by atoms with E-state index in [0.717, 1.165) is 0 Å². The van der Waals surface area contributed by atoms with Gasteiger partial charge in [0.05, 0.1) is 11.4 Å². The normalized spacial score (nSPS) is 13.5. The van der Waals surface area contributed by atoms with Crippen LogP contribution in [0.3, 0.4) is 0 Å². The Hall–Kier alpha value is -0.380. The fourth-order valence-corrected chi connectivity index (χ4v) is 5.67. The molecule has 0 spiro atoms. The molecule has 0 aliphatic heterocycles. The minimum atomic E-state index is -3.91. The van der Waals surface area contributed by atoms with Crippen molar-refractivity contribution in [3.8, 4) is 0 Å². The molecular weight excluding hydrogens is 332 g/mol. The Labute approximate surface area is 121 Å². The number of nitrogens with one attached hydrogen (secondary N) is 1. The summed E-state index contributed by atoms with van der Waals surface area (Å²) in [5.74, 6) is -0.0956. The van der Waals surface area contributed by atoms with Crippen molar-refractivity contribution in [2.45, 2.75) is 31.9 Å². The molecule has 19 heavy (non-hydrogen) atoms. The Morgan fingerprint density at radius 3 is 2.16 bits per heavy atom. The number of aromatic nitrogens is 1. The van der Waals surface area contributed by atoms with E-state index < -0.39 is 24.5 Å². The predicted octanol–water partition coefficient (Wildman–Crippen LogP) is 2.17. The van der Waals surface area contributed by atoms with Crippen LogP contribution >= 0.6 is 22.0 Å². The quantitative estimate of drug-likeness (QED) is 0.843. The molecule has 0 atom stereocenters. The standard InChI is InChI=1S/C9H15ClN2O4S3/c1-6-7(19(10,15)16)17-8(11-6)12-18(13,14)5-9(2,3)4/h5H2,1-4H3,(H,11,12). The molecule has 0 saturated carbocycles. The van der Waals surface area contributed by atoms with Crippen LogP contribution in [0.4, 0.5) is 5.13 Å². The highest BCUT2D eigenvalue weighted by Crippen LogP contribution is 2.30. The van der Waals surface area contributed by atoms with E-state index in [1.54, 1.807) is 20.8 Å². The van der Waals surface area contributed by atoms with Crippen molar-refractivity contribution < 1.29 is 16.8 Å². The summed E-state index contributed by atoms with van der Waals surface area (Å²) in [6, 6.07) is 0. The second-order valence-electron chi connectivity index (χ2n) is 5.25. The van der Waals surface area contributed by atoms with E-state index in [2.05, 4.69) is 9.71 Å². The maximum atomic E-state index is 11.9. The van der Waals surface area contributed by atoms with Gasteiger partial charge in [-0.15, -0.1) is 0 Å². The zero-order valence-corrected chi connectivity index (χ0v) is 14.1. The summed E-state index contributed by atoms with van der Waals surface area (Å²) in [7, 11) is -2.27. The predicted molar refractivity (Wildman–Crippen MR) is 76.8 cm³/mol. The fraction of sp³-hybridized carbons (Fsp3) is 0.667. The lowest BCUT2D eigenvalue weighted by atomic mass is 10.0. The molecule has 0 bridgehead atoms. The molecule has 0 fully saturated rings. The highest BCUT2D eigenvalue weighted by Gasteiger charge is 2.25. The van der Waals surface area contributed by atoms with Crippen molar-refractivity contribution >= 4 is 46.2 Å². The van der Waals surface area contributed by atoms with E-state index in [1.165, 1.54) is 6.92 Å². The molecule has 10 heteroatoms. The number of hydrogen-bond acceptors (Lipinski definition) is 6. The van der Waals surface area contributed by atoms with Gasteiger partial charge in [-0.3, -0.25) is 4.72 Å². The van der Waals surface area contributed by atoms with E-state index in [-0.39, 0.29) is 20.8 Å². The SMILES string of the molecule is Cc1nc(NS(=O)(=O)CC(C)(C)C)sc1S(=O)(=O)Cl. The van der Waals surface area contributed by atoms with Crippen LogP contribution in [0, 0.1) is 12.3 Å². The molecule has 1 N–H and O–H groups in total. The number of halogens is 1. The summed E-state index contributed by atoms with van der Waals surface area (Å²) in [5.41, 5.74) is -0.243. The minimum Gasteiger partial charge on any atom is -0.259 e. The average Bonchev–Trinajstić information content (AvgIpc) is 2.39. The van der Waals surface area contributed by atoms with Gasteiger partial charge in [0.15, 0.2) is 9.34 Å². The van der Waals surface area contributed by atoms with Crippen molar-refractivity contribution in [3.63, 3.8) is 0 Å². The van der Waals surface area contributed by atoms with Crippen LogP contribution < -0.4 is 4.72 Å². The Kier molecular flexibility index (Phi) is 4.56. The van der Waals surface area contributed by atoms with E-state index in [4.69, 9.17) is 10.7 Å². The summed E-state index contributed by atoms with van der Waals surface area (Å²) in [6.45, 7) is 6.81. The van der Waals surface area contributed by atoms with Crippen LogP contribution in [-0.2, 0) is 19.1 Å². The molecule has 6 nitrogen and oxygen atoms in total. The van der Waals surface area contributed by atoms with Crippen molar-refractivity contribution in [1.29, 1.82) is 0 Å². The number of anilines is 1. The lowest BCUT2D eigenvalue weighted by molar-refractivity contribution is 0.463. The average molecular weight is 347 g/mol. The second-order valence-corrected chi connectivity index (χ2v) is 10.7. The summed E-state index contributed by atoms with van der Waals surface area (Å²) in [5, 5.41) is 0.000903. The van der Waals surface area contributed by atoms with Gasteiger partial charge in [0.1, 0.15) is 0 Å². The van der Waals surface area contributed by atoms with Gasteiger partial charge < -0.3 is 0 Å². The molecule has 1 rings (SSSR count). The second kappa shape index (κ2) is 5.19. The van der Waals surface area contributed by atoms with Crippen LogP contribution in [0.1, 0.15) is 26.5 Å². The summed E-state index contributed by atoms with van der Waals surface area (Å²) >= 11 is 0.698. The highest BCUT2D eigenvalue weighted by atomic mass is 35.7. The Bertz CT molecular complexity index is 671. The third kappa shape index (κ3) is 5.25. The minimum absolute atomic E-state index is 0.000903. The van der Waals surface area contributed by atoms with Crippen LogP contribution in [0.5, 0.6) is 0 Å². The van der Waals surface area contributed by atoms with E-state index >= 15 is 0 Å². The Morgan fingerprint density at radius 2 is 1.79 bits per heavy atom. The molecule has 0 aliphatic carbocycles. The van der Waals surface area contributed by atoms with Gasteiger partial charge in [-0.05, 0) is 12.3 Å². The summed E-state index contributed by atoms with van der Waals surface area (Å²) in [4.78, 5) is 3.86. The van der Waals surface area contributed by atoms with Crippen molar-refractivity contribution in [2.24, 2.45) is 5.41 Å². The first kappa shape index (κ1) is 16.7. The van der Waals surface area contributed by atoms with Gasteiger partial charge in [0.2, 0.25) is 10.0 Å². The number of aryl methyl sites for hydroxylation is 1. The number of thiazole rings is 1. The molecule has 0 aromatic carbocycles. The van der Waals surface area contributed by atoms with Crippen LogP contribution in [0.15, 0.2) is 4.21 Å². The lowest BCUT2D eigenvalue weighted by Gasteiger charge is -2.17. The third-order valence-corrected chi connectivity index (χ3v) is 6.97. The fourth-order valence-electron chi connectivity index (χ4n) is 1.39. The number of rotatable bonds is 4. The van der Waals surface area contributed by atoms with Crippen molar-refractivity contribution in [3.05, 3.63) is 5.69 Å². The molecule has 0 radical (unpaired) electrons. The number of hydrogen-bond donors (Lipinski definition) is 1. The lowest BCUT2D eigenvalue weighted by Crippen LogP contribution is -2.26. The molecular formula is C9H15ClN2O4S3. The van der Waals surface area contributed by atoms with Gasteiger partial charge in [0.25, 0.3) is 9.05 Å². The maximum Gasteiger partial charge on any atom is 0.272 e.